The van der Waals surface area contributed by atoms with Gasteiger partial charge in [0.1, 0.15) is 0 Å². The van der Waals surface area contributed by atoms with E-state index in [0.29, 0.717) is 47.2 Å². The lowest BCUT2D eigenvalue weighted by molar-refractivity contribution is 0.174. The Bertz CT molecular complexity index is 1230. The molecule has 0 saturated carbocycles. The number of pyridine rings is 1. The van der Waals surface area contributed by atoms with Gasteiger partial charge in [-0.15, -0.1) is 0 Å². The van der Waals surface area contributed by atoms with E-state index >= 15 is 0 Å². The second-order valence-corrected chi connectivity index (χ2v) is 7.17. The Labute approximate surface area is 180 Å². The molecule has 0 spiro atoms. The van der Waals surface area contributed by atoms with Gasteiger partial charge in [0.05, 0.1) is 31.0 Å². The zero-order valence-corrected chi connectivity index (χ0v) is 18.1. The Hall–Kier alpha value is -3.52. The maximum atomic E-state index is 13.6. The number of ether oxygens (including phenoxy) is 4. The molecule has 0 atom stereocenters. The monoisotopic (exact) mass is 423 g/mol. The van der Waals surface area contributed by atoms with Crippen molar-refractivity contribution in [3.63, 3.8) is 0 Å². The third-order valence-electron chi connectivity index (χ3n) is 5.53. The molecule has 0 fully saturated rings. The Balaban J connectivity index is 2.10. The van der Waals surface area contributed by atoms with Crippen LogP contribution < -0.4 is 29.8 Å². The Morgan fingerprint density at radius 1 is 1.10 bits per heavy atom. The average Bonchev–Trinajstić information content (AvgIpc) is 3.26. The van der Waals surface area contributed by atoms with Gasteiger partial charge in [-0.3, -0.25) is 9.79 Å². The van der Waals surface area contributed by atoms with Crippen LogP contribution in [0.3, 0.4) is 0 Å². The third kappa shape index (κ3) is 3.38. The van der Waals surface area contributed by atoms with Crippen molar-refractivity contribution >= 4 is 23.2 Å². The number of aromatic nitrogens is 1. The van der Waals surface area contributed by atoms with Gasteiger partial charge in [0.2, 0.25) is 6.79 Å². The number of nitrogens with one attached hydrogen (secondary N) is 1. The summed E-state index contributed by atoms with van der Waals surface area (Å²) < 4.78 is 23.7. The first kappa shape index (κ1) is 20.7. The molecule has 1 aliphatic heterocycles. The fourth-order valence-electron chi connectivity index (χ4n) is 3.98. The summed E-state index contributed by atoms with van der Waals surface area (Å²) in [5.41, 5.74) is 2.90. The normalized spacial score (nSPS) is 12.3. The minimum absolute atomic E-state index is 0.125. The smallest absolute Gasteiger partial charge is 0.259 e. The Morgan fingerprint density at radius 3 is 2.35 bits per heavy atom. The average molecular weight is 423 g/mol. The Morgan fingerprint density at radius 2 is 1.74 bits per heavy atom. The number of aliphatic imine (C=N–C) groups is 1. The van der Waals surface area contributed by atoms with Crippen molar-refractivity contribution < 1.29 is 18.9 Å². The summed E-state index contributed by atoms with van der Waals surface area (Å²) in [6, 6.07) is 7.21. The van der Waals surface area contributed by atoms with Crippen LogP contribution in [0.4, 0.5) is 5.69 Å². The fraction of sp³-hybridized carbons (Fsp3) is 0.304. The second kappa shape index (κ2) is 8.31. The molecular formula is C23H25N3O5. The van der Waals surface area contributed by atoms with Crippen molar-refractivity contribution in [2.75, 3.05) is 34.6 Å². The van der Waals surface area contributed by atoms with Gasteiger partial charge >= 0.3 is 0 Å². The third-order valence-corrected chi connectivity index (χ3v) is 5.53. The summed E-state index contributed by atoms with van der Waals surface area (Å²) in [4.78, 5) is 17.8. The molecule has 2 aromatic carbocycles. The van der Waals surface area contributed by atoms with Crippen LogP contribution in [0.15, 0.2) is 34.1 Å². The fourth-order valence-corrected chi connectivity index (χ4v) is 3.98. The molecule has 8 heteroatoms. The summed E-state index contributed by atoms with van der Waals surface area (Å²) in [5, 5.41) is 4.46. The molecule has 1 aromatic heterocycles. The summed E-state index contributed by atoms with van der Waals surface area (Å²) in [7, 11) is 4.98. The van der Waals surface area contributed by atoms with Crippen molar-refractivity contribution in [1.82, 2.24) is 9.88 Å². The van der Waals surface area contributed by atoms with E-state index in [1.54, 1.807) is 30.9 Å². The highest BCUT2D eigenvalue weighted by Crippen LogP contribution is 2.44. The highest BCUT2D eigenvalue weighted by molar-refractivity contribution is 5.94. The molecule has 8 nitrogen and oxygen atoms in total. The summed E-state index contributed by atoms with van der Waals surface area (Å²) >= 11 is 0. The van der Waals surface area contributed by atoms with Gasteiger partial charge < -0.3 is 28.8 Å². The standard InChI is InChI=1S/C23H25N3O5/c1-13-14-8-18(28-4)19(29-5)9-15(14)23(27)26(7-6-24-2)22(13)16-10-20-21(31-12-30-20)11-17(16)25-3/h8-11,24H,3,6-7,12H2,1-2,4-5H3. The highest BCUT2D eigenvalue weighted by atomic mass is 16.7. The number of benzene rings is 2. The lowest BCUT2D eigenvalue weighted by Gasteiger charge is -2.20. The van der Waals surface area contributed by atoms with Gasteiger partial charge in [0.25, 0.3) is 5.56 Å². The van der Waals surface area contributed by atoms with Gasteiger partial charge in [-0.1, -0.05) is 0 Å². The van der Waals surface area contributed by atoms with Crippen LogP contribution in [0, 0.1) is 6.92 Å². The molecule has 31 heavy (non-hydrogen) atoms. The molecule has 3 aromatic rings. The van der Waals surface area contributed by atoms with Crippen molar-refractivity contribution in [2.45, 2.75) is 13.5 Å². The Kier molecular flexibility index (Phi) is 5.56. The molecule has 0 aliphatic carbocycles. The van der Waals surface area contributed by atoms with E-state index < -0.39 is 0 Å². The first-order valence-corrected chi connectivity index (χ1v) is 9.88. The molecule has 0 unspecified atom stereocenters. The number of hydrogen-bond acceptors (Lipinski definition) is 7. The lowest BCUT2D eigenvalue weighted by atomic mass is 9.97. The quantitative estimate of drug-likeness (QED) is 0.588. The molecule has 0 radical (unpaired) electrons. The van der Waals surface area contributed by atoms with Gasteiger partial charge in [-0.25, -0.2) is 0 Å². The minimum atomic E-state index is -0.125. The molecule has 1 N–H and O–H groups in total. The van der Waals surface area contributed by atoms with E-state index in [1.807, 2.05) is 26.1 Å². The lowest BCUT2D eigenvalue weighted by Crippen LogP contribution is -2.28. The summed E-state index contributed by atoms with van der Waals surface area (Å²) in [6.45, 7) is 6.94. The molecular weight excluding hydrogens is 398 g/mol. The van der Waals surface area contributed by atoms with Gasteiger partial charge in [0.15, 0.2) is 23.0 Å². The predicted molar refractivity (Wildman–Crippen MR) is 121 cm³/mol. The zero-order chi connectivity index (χ0) is 22.1. The van der Waals surface area contributed by atoms with Crippen LogP contribution in [0.25, 0.3) is 22.0 Å². The first-order chi connectivity index (χ1) is 15.0. The van der Waals surface area contributed by atoms with E-state index in [4.69, 9.17) is 18.9 Å². The SMILES string of the molecule is C=Nc1cc2c(cc1-c1c(C)c3cc(OC)c(OC)cc3c(=O)n1CCNC)OCO2. The largest absolute Gasteiger partial charge is 0.493 e. The van der Waals surface area contributed by atoms with E-state index in [2.05, 4.69) is 17.0 Å². The van der Waals surface area contributed by atoms with E-state index in [-0.39, 0.29) is 12.4 Å². The van der Waals surface area contributed by atoms with Crippen molar-refractivity contribution in [2.24, 2.45) is 4.99 Å². The maximum absolute atomic E-state index is 13.6. The van der Waals surface area contributed by atoms with E-state index in [1.165, 1.54) is 0 Å². The maximum Gasteiger partial charge on any atom is 0.259 e. The van der Waals surface area contributed by atoms with Crippen molar-refractivity contribution in [3.05, 3.63) is 40.2 Å². The molecule has 162 valence electrons. The van der Waals surface area contributed by atoms with Crippen LogP contribution in [-0.4, -0.2) is 45.9 Å². The molecule has 1 aliphatic rings. The van der Waals surface area contributed by atoms with Crippen LogP contribution >= 0.6 is 0 Å². The molecule has 0 bridgehead atoms. The van der Waals surface area contributed by atoms with Crippen LogP contribution in [-0.2, 0) is 6.54 Å². The molecule has 0 saturated heterocycles. The molecule has 4 rings (SSSR count). The number of likely N-dealkylation sites (N-methyl/N-ethyl adjacent to an activating group) is 1. The number of fused-ring (bicyclic) bond motifs is 2. The van der Waals surface area contributed by atoms with Gasteiger partial charge in [-0.2, -0.15) is 0 Å². The van der Waals surface area contributed by atoms with Gasteiger partial charge in [0, 0.05) is 24.7 Å². The van der Waals surface area contributed by atoms with Gasteiger partial charge in [-0.05, 0) is 49.8 Å². The van der Waals surface area contributed by atoms with Crippen LogP contribution in [0.5, 0.6) is 23.0 Å². The number of hydrogen-bond donors (Lipinski definition) is 1. The zero-order valence-electron chi connectivity index (χ0n) is 18.1. The minimum Gasteiger partial charge on any atom is -0.493 e. The van der Waals surface area contributed by atoms with E-state index in [0.717, 1.165) is 22.2 Å². The number of nitrogens with zero attached hydrogens (tertiary/aromatic N) is 2. The number of aryl methyl sites for hydroxylation is 1. The molecule has 0 amide bonds. The van der Waals surface area contributed by atoms with Crippen LogP contribution in [0.1, 0.15) is 5.56 Å². The number of methoxy groups -OCH3 is 2. The number of rotatable bonds is 7. The predicted octanol–water partition coefficient (Wildman–Crippen LogP) is 3.27. The first-order valence-electron chi connectivity index (χ1n) is 9.88. The molecule has 2 heterocycles. The highest BCUT2D eigenvalue weighted by Gasteiger charge is 2.23. The van der Waals surface area contributed by atoms with E-state index in [9.17, 15) is 4.79 Å². The second-order valence-electron chi connectivity index (χ2n) is 7.17. The summed E-state index contributed by atoms with van der Waals surface area (Å²) in [5.74, 6) is 2.29. The van der Waals surface area contributed by atoms with Crippen molar-refractivity contribution in [3.8, 4) is 34.3 Å². The van der Waals surface area contributed by atoms with Crippen LogP contribution in [0.2, 0.25) is 0 Å². The topological polar surface area (TPSA) is 83.3 Å². The van der Waals surface area contributed by atoms with Crippen molar-refractivity contribution in [1.29, 1.82) is 0 Å². The summed E-state index contributed by atoms with van der Waals surface area (Å²) in [6.07, 6.45) is 0.